The molecule has 0 aromatic rings. The number of hydrogen-bond donors (Lipinski definition) is 1. The van der Waals surface area contributed by atoms with Gasteiger partial charge in [0.2, 0.25) is 5.91 Å². The normalized spacial score (nSPS) is 21.0. The molecule has 1 rings (SSSR count). The molecule has 1 atom stereocenters. The molecule has 1 aliphatic rings. The predicted octanol–water partition coefficient (Wildman–Crippen LogP) is 0.404. The van der Waals surface area contributed by atoms with Gasteiger partial charge in [0, 0.05) is 13.1 Å². The number of carboxylic acids is 1. The lowest BCUT2D eigenvalue weighted by Gasteiger charge is -2.25. The van der Waals surface area contributed by atoms with E-state index >= 15 is 0 Å². The third kappa shape index (κ3) is 2.95. The summed E-state index contributed by atoms with van der Waals surface area (Å²) in [4.78, 5) is 26.3. The van der Waals surface area contributed by atoms with Crippen LogP contribution < -0.4 is 0 Å². The van der Waals surface area contributed by atoms with Crippen molar-refractivity contribution in [1.82, 2.24) is 9.80 Å². The first-order valence-electron chi connectivity index (χ1n) is 5.84. The van der Waals surface area contributed by atoms with E-state index < -0.39 is 12.0 Å². The number of carbonyl (C=O) groups is 2. The Labute approximate surface area is 96.0 Å². The lowest BCUT2D eigenvalue weighted by molar-refractivity contribution is -0.143. The molecule has 5 heteroatoms. The van der Waals surface area contributed by atoms with E-state index in [0.717, 1.165) is 6.42 Å². The van der Waals surface area contributed by atoms with Crippen LogP contribution in [0.5, 0.6) is 0 Å². The van der Waals surface area contributed by atoms with Gasteiger partial charge in [-0.3, -0.25) is 14.5 Å². The lowest BCUT2D eigenvalue weighted by atomic mass is 10.2. The van der Waals surface area contributed by atoms with Gasteiger partial charge in [-0.1, -0.05) is 0 Å². The summed E-state index contributed by atoms with van der Waals surface area (Å²) in [5.41, 5.74) is 0. The number of amides is 1. The van der Waals surface area contributed by atoms with Crippen LogP contribution in [0.2, 0.25) is 0 Å². The van der Waals surface area contributed by atoms with E-state index in [2.05, 4.69) is 0 Å². The number of likely N-dealkylation sites (N-methyl/N-ethyl adjacent to an activating group) is 1. The molecule has 1 aliphatic heterocycles. The molecule has 5 nitrogen and oxygen atoms in total. The van der Waals surface area contributed by atoms with E-state index in [4.69, 9.17) is 5.11 Å². The zero-order valence-corrected chi connectivity index (χ0v) is 9.98. The molecule has 0 aliphatic carbocycles. The van der Waals surface area contributed by atoms with E-state index in [9.17, 15) is 9.59 Å². The van der Waals surface area contributed by atoms with Crippen LogP contribution >= 0.6 is 0 Å². The van der Waals surface area contributed by atoms with E-state index in [1.54, 1.807) is 9.80 Å². The number of carbonyl (C=O) groups excluding carboxylic acids is 1. The average molecular weight is 228 g/mol. The van der Waals surface area contributed by atoms with E-state index in [1.807, 2.05) is 13.8 Å². The van der Waals surface area contributed by atoms with Crippen LogP contribution in [0, 0.1) is 0 Å². The topological polar surface area (TPSA) is 60.9 Å². The smallest absolute Gasteiger partial charge is 0.320 e. The molecule has 1 fully saturated rings. The van der Waals surface area contributed by atoms with Crippen molar-refractivity contribution in [3.8, 4) is 0 Å². The second-order valence-corrected chi connectivity index (χ2v) is 4.03. The number of rotatable bonds is 5. The molecule has 0 aromatic carbocycles. The standard InChI is InChI=1S/C11H20N2O3/c1-3-12(4-2)10(14)8-13-7-5-6-9(13)11(15)16/h9H,3-8H2,1-2H3,(H,15,16)/t9-/m0/s1. The fourth-order valence-electron chi connectivity index (χ4n) is 2.15. The van der Waals surface area contributed by atoms with Gasteiger partial charge < -0.3 is 10.0 Å². The molecule has 0 bridgehead atoms. The SMILES string of the molecule is CCN(CC)C(=O)CN1CCC[C@H]1C(=O)O. The summed E-state index contributed by atoms with van der Waals surface area (Å²) in [5, 5.41) is 8.98. The summed E-state index contributed by atoms with van der Waals surface area (Å²) in [7, 11) is 0. The summed E-state index contributed by atoms with van der Waals surface area (Å²) in [6, 6.07) is -0.473. The molecular weight excluding hydrogens is 208 g/mol. The molecule has 1 amide bonds. The van der Waals surface area contributed by atoms with Gasteiger partial charge in [-0.05, 0) is 33.2 Å². The van der Waals surface area contributed by atoms with Gasteiger partial charge >= 0.3 is 5.97 Å². The first-order valence-corrected chi connectivity index (χ1v) is 5.84. The highest BCUT2D eigenvalue weighted by molar-refractivity contribution is 5.80. The van der Waals surface area contributed by atoms with Gasteiger partial charge in [0.15, 0.2) is 0 Å². The molecule has 1 heterocycles. The van der Waals surface area contributed by atoms with Crippen LogP contribution in [-0.2, 0) is 9.59 Å². The maximum absolute atomic E-state index is 11.8. The van der Waals surface area contributed by atoms with Crippen molar-refractivity contribution < 1.29 is 14.7 Å². The molecule has 1 saturated heterocycles. The quantitative estimate of drug-likeness (QED) is 0.740. The van der Waals surface area contributed by atoms with Gasteiger partial charge in [0.05, 0.1) is 6.54 Å². The van der Waals surface area contributed by atoms with Gasteiger partial charge in [-0.2, -0.15) is 0 Å². The second kappa shape index (κ2) is 5.84. The van der Waals surface area contributed by atoms with Crippen molar-refractivity contribution in [2.45, 2.75) is 32.7 Å². The number of likely N-dealkylation sites (tertiary alicyclic amines) is 1. The first kappa shape index (κ1) is 13.0. The van der Waals surface area contributed by atoms with Gasteiger partial charge in [-0.25, -0.2) is 0 Å². The summed E-state index contributed by atoms with van der Waals surface area (Å²) in [6.45, 7) is 6.17. The minimum atomic E-state index is -0.815. The van der Waals surface area contributed by atoms with E-state index in [-0.39, 0.29) is 12.5 Å². The Morgan fingerprint density at radius 2 is 2.00 bits per heavy atom. The maximum atomic E-state index is 11.8. The maximum Gasteiger partial charge on any atom is 0.320 e. The van der Waals surface area contributed by atoms with Gasteiger partial charge in [-0.15, -0.1) is 0 Å². The predicted molar refractivity (Wildman–Crippen MR) is 60.2 cm³/mol. The molecule has 0 spiro atoms. The van der Waals surface area contributed by atoms with Crippen molar-refractivity contribution >= 4 is 11.9 Å². The van der Waals surface area contributed by atoms with E-state index in [1.165, 1.54) is 0 Å². The van der Waals surface area contributed by atoms with Crippen molar-refractivity contribution in [3.05, 3.63) is 0 Å². The Morgan fingerprint density at radius 3 is 2.50 bits per heavy atom. The van der Waals surface area contributed by atoms with Crippen LogP contribution in [0.1, 0.15) is 26.7 Å². The zero-order valence-electron chi connectivity index (χ0n) is 9.98. The number of nitrogens with zero attached hydrogens (tertiary/aromatic N) is 2. The van der Waals surface area contributed by atoms with Crippen LogP contribution in [0.25, 0.3) is 0 Å². The molecule has 16 heavy (non-hydrogen) atoms. The number of carboxylic acid groups (broad SMARTS) is 1. The summed E-state index contributed by atoms with van der Waals surface area (Å²) in [6.07, 6.45) is 1.52. The molecule has 0 radical (unpaired) electrons. The molecular formula is C11H20N2O3. The van der Waals surface area contributed by atoms with E-state index in [0.29, 0.717) is 26.1 Å². The Morgan fingerprint density at radius 1 is 1.38 bits per heavy atom. The van der Waals surface area contributed by atoms with Crippen molar-refractivity contribution in [2.24, 2.45) is 0 Å². The summed E-state index contributed by atoms with van der Waals surface area (Å²) < 4.78 is 0. The average Bonchev–Trinajstić information content (AvgIpc) is 2.67. The van der Waals surface area contributed by atoms with Crippen LogP contribution in [0.3, 0.4) is 0 Å². The summed E-state index contributed by atoms with van der Waals surface area (Å²) >= 11 is 0. The first-order chi connectivity index (χ1) is 7.60. The van der Waals surface area contributed by atoms with Crippen molar-refractivity contribution in [3.63, 3.8) is 0 Å². The molecule has 0 aromatic heterocycles. The Bertz CT molecular complexity index is 264. The molecule has 0 saturated carbocycles. The van der Waals surface area contributed by atoms with Gasteiger partial charge in [0.25, 0.3) is 0 Å². The lowest BCUT2D eigenvalue weighted by Crippen LogP contribution is -2.44. The zero-order chi connectivity index (χ0) is 12.1. The highest BCUT2D eigenvalue weighted by atomic mass is 16.4. The highest BCUT2D eigenvalue weighted by Gasteiger charge is 2.32. The fourth-order valence-corrected chi connectivity index (χ4v) is 2.15. The molecule has 0 unspecified atom stereocenters. The van der Waals surface area contributed by atoms with Crippen LogP contribution in [-0.4, -0.2) is 59.0 Å². The highest BCUT2D eigenvalue weighted by Crippen LogP contribution is 2.17. The fraction of sp³-hybridized carbons (Fsp3) is 0.818. The Kier molecular flexibility index (Phi) is 4.73. The summed E-state index contributed by atoms with van der Waals surface area (Å²) in [5.74, 6) is -0.789. The molecule has 1 N–H and O–H groups in total. The van der Waals surface area contributed by atoms with Crippen LogP contribution in [0.4, 0.5) is 0 Å². The van der Waals surface area contributed by atoms with Crippen molar-refractivity contribution in [1.29, 1.82) is 0 Å². The third-order valence-corrected chi connectivity index (χ3v) is 3.10. The van der Waals surface area contributed by atoms with Gasteiger partial charge in [0.1, 0.15) is 6.04 Å². The minimum Gasteiger partial charge on any atom is -0.480 e. The Hall–Kier alpha value is -1.10. The van der Waals surface area contributed by atoms with Crippen molar-refractivity contribution in [2.75, 3.05) is 26.2 Å². The molecule has 92 valence electrons. The monoisotopic (exact) mass is 228 g/mol. The minimum absolute atomic E-state index is 0.0261. The number of aliphatic carboxylic acids is 1. The number of hydrogen-bond acceptors (Lipinski definition) is 3. The third-order valence-electron chi connectivity index (χ3n) is 3.10. The largest absolute Gasteiger partial charge is 0.480 e. The Balaban J connectivity index is 2.53. The second-order valence-electron chi connectivity index (χ2n) is 4.03. The van der Waals surface area contributed by atoms with Crippen LogP contribution in [0.15, 0.2) is 0 Å².